The van der Waals surface area contributed by atoms with Gasteiger partial charge in [-0.2, -0.15) is 0 Å². The summed E-state index contributed by atoms with van der Waals surface area (Å²) in [6.45, 7) is 36.0. The topological polar surface area (TPSA) is 29.2 Å². The predicted molar refractivity (Wildman–Crippen MR) is 485 cm³/mol. The Labute approximate surface area is 669 Å². The van der Waals surface area contributed by atoms with Gasteiger partial charge in [0.25, 0.3) is 6.71 Å². The molecule has 0 saturated carbocycles. The summed E-state index contributed by atoms with van der Waals surface area (Å²) < 4.78 is 5.14. The minimum atomic E-state index is -0.173. The molecular formula is C107H102BN5. The van der Waals surface area contributed by atoms with Crippen molar-refractivity contribution in [3.05, 3.63) is 336 Å². The molecule has 5 nitrogen and oxygen atoms in total. The minimum Gasteiger partial charge on any atom is -0.342 e. The standard InChI is InChI=1S/C107H102BN5/c1-103(2,3)75-43-51-93-87(62-75)88-63-76(104(4,5)6)44-52-94(88)112(93)79-47-49-91-97(66-79)110(58-56-85-81(69-30-20-16-21-31-69)38-28-39-82(85)70-32-22-17-23-33-70)99-60-74(73-42-55-101(109-68-73)107(13,14)15)61-100-102(99)108(91)92-50-48-80(113-95-53-45-77(105(7,8)9)64-89(95)90-65-78(106(10,11)12)46-54-96(90)113)67-98(92)111(100)59-57-86-83(71-34-24-18-25-35-71)40-29-41-84(86)72-36-26-19-27-37-72/h16-55,60-68H,56-59H2,1-15H3. The van der Waals surface area contributed by atoms with Gasteiger partial charge in [0.2, 0.25) is 0 Å². The Bertz CT molecular complexity index is 5750. The van der Waals surface area contributed by atoms with Crippen molar-refractivity contribution in [3.63, 3.8) is 0 Å². The quantitative estimate of drug-likeness (QED) is 0.108. The normalized spacial score (nSPS) is 13.2. The van der Waals surface area contributed by atoms with Gasteiger partial charge in [0.1, 0.15) is 0 Å². The van der Waals surface area contributed by atoms with Crippen LogP contribution < -0.4 is 26.2 Å². The lowest BCUT2D eigenvalue weighted by atomic mass is 9.33. The molecule has 0 radical (unpaired) electrons. The van der Waals surface area contributed by atoms with Gasteiger partial charge < -0.3 is 18.9 Å². The van der Waals surface area contributed by atoms with Crippen LogP contribution >= 0.6 is 0 Å². The number of hydrogen-bond donors (Lipinski definition) is 0. The molecule has 0 fully saturated rings. The van der Waals surface area contributed by atoms with E-state index < -0.39 is 0 Å². The Morgan fingerprint density at radius 1 is 0.274 bits per heavy atom. The Balaban J connectivity index is 0.932. The van der Waals surface area contributed by atoms with Gasteiger partial charge in [-0.1, -0.05) is 304 Å². The van der Waals surface area contributed by atoms with Gasteiger partial charge in [-0.3, -0.25) is 4.98 Å². The molecule has 13 aromatic carbocycles. The average molecular weight is 1470 g/mol. The number of aromatic nitrogens is 3. The highest BCUT2D eigenvalue weighted by molar-refractivity contribution is 7.00. The number of benzene rings is 13. The molecule has 16 aromatic rings. The van der Waals surface area contributed by atoms with E-state index in [1.165, 1.54) is 161 Å². The molecule has 113 heavy (non-hydrogen) atoms. The van der Waals surface area contributed by atoms with E-state index in [1.807, 2.05) is 0 Å². The van der Waals surface area contributed by atoms with Crippen LogP contribution in [0.5, 0.6) is 0 Å². The molecule has 2 aliphatic rings. The lowest BCUT2D eigenvalue weighted by Gasteiger charge is -2.45. The Hall–Kier alpha value is -11.7. The first-order valence-electron chi connectivity index (χ1n) is 40.8. The van der Waals surface area contributed by atoms with Gasteiger partial charge >= 0.3 is 0 Å². The van der Waals surface area contributed by atoms with Crippen LogP contribution in [0.25, 0.3) is 111 Å². The molecule has 0 aliphatic carbocycles. The van der Waals surface area contributed by atoms with Crippen molar-refractivity contribution in [2.24, 2.45) is 0 Å². The fraction of sp³-hybridized carbons (Fsp3) is 0.224. The summed E-state index contributed by atoms with van der Waals surface area (Å²) >= 11 is 0. The van der Waals surface area contributed by atoms with Crippen LogP contribution in [-0.2, 0) is 39.9 Å². The molecule has 0 unspecified atom stereocenters. The van der Waals surface area contributed by atoms with Crippen LogP contribution in [0.2, 0.25) is 0 Å². The van der Waals surface area contributed by atoms with Crippen molar-refractivity contribution in [1.82, 2.24) is 14.1 Å². The van der Waals surface area contributed by atoms with E-state index in [9.17, 15) is 0 Å². The fourth-order valence-electron chi connectivity index (χ4n) is 18.2. The average Bonchev–Trinajstić information content (AvgIpc) is 0.983. The van der Waals surface area contributed by atoms with Crippen LogP contribution in [0, 0.1) is 0 Å². The first-order valence-corrected chi connectivity index (χ1v) is 40.8. The molecular weight excluding hydrogens is 1370 g/mol. The number of rotatable bonds is 13. The summed E-state index contributed by atoms with van der Waals surface area (Å²) in [5.74, 6) is 0. The number of hydrogen-bond acceptors (Lipinski definition) is 3. The van der Waals surface area contributed by atoms with Crippen LogP contribution in [0.4, 0.5) is 22.7 Å². The minimum absolute atomic E-state index is 0.0496. The zero-order chi connectivity index (χ0) is 78.2. The summed E-state index contributed by atoms with van der Waals surface area (Å²) in [6, 6.07) is 112. The maximum absolute atomic E-state index is 5.36. The van der Waals surface area contributed by atoms with Gasteiger partial charge in [0.15, 0.2) is 0 Å². The van der Waals surface area contributed by atoms with Crippen molar-refractivity contribution >= 4 is 89.5 Å². The van der Waals surface area contributed by atoms with E-state index in [-0.39, 0.29) is 33.8 Å². The molecule has 0 amide bonds. The first kappa shape index (κ1) is 72.8. The van der Waals surface area contributed by atoms with Crippen LogP contribution in [0.1, 0.15) is 143 Å². The number of anilines is 4. The van der Waals surface area contributed by atoms with Gasteiger partial charge in [0, 0.05) is 91.6 Å². The molecule has 0 bridgehead atoms. The fourth-order valence-corrected chi connectivity index (χ4v) is 18.2. The summed E-state index contributed by atoms with van der Waals surface area (Å²) in [6.07, 6.45) is 3.65. The number of nitrogens with zero attached hydrogens (tertiary/aromatic N) is 5. The van der Waals surface area contributed by atoms with Crippen molar-refractivity contribution in [3.8, 4) is 67.0 Å². The maximum Gasteiger partial charge on any atom is 0.252 e. The smallest absolute Gasteiger partial charge is 0.252 e. The second-order valence-electron chi connectivity index (χ2n) is 37.1. The molecule has 0 N–H and O–H groups in total. The zero-order valence-corrected chi connectivity index (χ0v) is 68.4. The molecule has 2 aliphatic heterocycles. The van der Waals surface area contributed by atoms with Crippen molar-refractivity contribution in [2.45, 2.75) is 144 Å². The maximum atomic E-state index is 5.36. The number of pyridine rings is 1. The van der Waals surface area contributed by atoms with E-state index in [1.54, 1.807) is 0 Å². The van der Waals surface area contributed by atoms with Crippen LogP contribution in [-0.4, -0.2) is 33.9 Å². The largest absolute Gasteiger partial charge is 0.342 e. The van der Waals surface area contributed by atoms with Crippen molar-refractivity contribution < 1.29 is 0 Å². The molecule has 6 heteroatoms. The zero-order valence-electron chi connectivity index (χ0n) is 68.4. The van der Waals surface area contributed by atoms with E-state index in [0.717, 1.165) is 41.0 Å². The van der Waals surface area contributed by atoms with Crippen LogP contribution in [0.3, 0.4) is 0 Å². The van der Waals surface area contributed by atoms with Gasteiger partial charge in [0.05, 0.1) is 22.1 Å². The second-order valence-corrected chi connectivity index (χ2v) is 37.1. The molecule has 18 rings (SSSR count). The third-order valence-electron chi connectivity index (χ3n) is 24.5. The highest BCUT2D eigenvalue weighted by Crippen LogP contribution is 2.47. The van der Waals surface area contributed by atoms with Crippen molar-refractivity contribution in [2.75, 3.05) is 22.9 Å². The van der Waals surface area contributed by atoms with Gasteiger partial charge in [-0.05, 0) is 225 Å². The van der Waals surface area contributed by atoms with E-state index in [2.05, 4.69) is 420 Å². The number of fused-ring (bicyclic) bond motifs is 10. The third kappa shape index (κ3) is 13.1. The van der Waals surface area contributed by atoms with Crippen LogP contribution in [0.15, 0.2) is 297 Å². The predicted octanol–water partition coefficient (Wildman–Crippen LogP) is 26.0. The molecule has 5 heterocycles. The molecule has 0 atom stereocenters. The SMILES string of the molecule is CC(C)(C)c1ccc2c(c1)c1cc(C(C)(C)C)ccc1n2-c1ccc2c(c1)N(CCc1c(-c3ccccc3)cccc1-c1ccccc1)c1cc(-c3ccc(C(C)(C)C)nc3)cc3c1B2c1ccc(-n2c4ccc(C(C)(C)C)cc4c4cc(C(C)(C)C)ccc42)cc1N3CCc1c(-c2ccccc2)cccc1-c1ccccc1. The Morgan fingerprint density at radius 2 is 0.602 bits per heavy atom. The molecule has 0 saturated heterocycles. The van der Waals surface area contributed by atoms with E-state index in [4.69, 9.17) is 4.98 Å². The second kappa shape index (κ2) is 27.6. The summed E-state index contributed by atoms with van der Waals surface area (Å²) in [4.78, 5) is 10.9. The van der Waals surface area contributed by atoms with E-state index >= 15 is 0 Å². The van der Waals surface area contributed by atoms with Gasteiger partial charge in [-0.25, -0.2) is 0 Å². The van der Waals surface area contributed by atoms with Crippen molar-refractivity contribution in [1.29, 1.82) is 0 Å². The third-order valence-corrected chi connectivity index (χ3v) is 24.5. The Morgan fingerprint density at radius 3 is 0.894 bits per heavy atom. The Kier molecular flexibility index (Phi) is 17.8. The summed E-state index contributed by atoms with van der Waals surface area (Å²) in [7, 11) is 0. The lowest BCUT2D eigenvalue weighted by molar-refractivity contribution is 0.569. The van der Waals surface area contributed by atoms with Gasteiger partial charge in [-0.15, -0.1) is 0 Å². The highest BCUT2D eigenvalue weighted by Gasteiger charge is 2.44. The molecule has 0 spiro atoms. The molecule has 3 aromatic heterocycles. The molecule has 558 valence electrons. The highest BCUT2D eigenvalue weighted by atomic mass is 15.2. The summed E-state index contributed by atoms with van der Waals surface area (Å²) in [5, 5.41) is 5.10. The monoisotopic (exact) mass is 1470 g/mol. The van der Waals surface area contributed by atoms with E-state index in [0.29, 0.717) is 13.1 Å². The summed E-state index contributed by atoms with van der Waals surface area (Å²) in [5.41, 5.74) is 36.5. The first-order chi connectivity index (χ1) is 54.2. The lowest BCUT2D eigenvalue weighted by Crippen LogP contribution is -2.62.